The smallest absolute Gasteiger partial charge is 0.313 e. The summed E-state index contributed by atoms with van der Waals surface area (Å²) < 4.78 is 0.815. The zero-order valence-electron chi connectivity index (χ0n) is 11.9. The van der Waals surface area contributed by atoms with Gasteiger partial charge < -0.3 is 5.21 Å². The number of benzene rings is 1. The lowest BCUT2D eigenvalue weighted by molar-refractivity contribution is -0.539. The first-order valence-electron chi connectivity index (χ1n) is 6.22. The van der Waals surface area contributed by atoms with E-state index in [0.29, 0.717) is 11.3 Å². The molecule has 1 aliphatic heterocycles. The first-order valence-corrected chi connectivity index (χ1v) is 6.22. The van der Waals surface area contributed by atoms with Crippen molar-refractivity contribution in [3.8, 4) is 0 Å². The van der Waals surface area contributed by atoms with Gasteiger partial charge in [0.05, 0.1) is 5.56 Å². The van der Waals surface area contributed by atoms with Crippen LogP contribution in [0.3, 0.4) is 0 Å². The molecule has 0 bridgehead atoms. The van der Waals surface area contributed by atoms with Crippen LogP contribution in [0, 0.1) is 5.21 Å². The second-order valence-electron chi connectivity index (χ2n) is 5.78. The number of hydrogen-bond acceptors (Lipinski definition) is 4. The van der Waals surface area contributed by atoms with Crippen LogP contribution in [0.15, 0.2) is 29.4 Å². The van der Waals surface area contributed by atoms with Crippen molar-refractivity contribution in [3.05, 3.63) is 45.5 Å². The molecule has 1 aromatic carbocycles. The Morgan fingerprint density at radius 2 is 1.80 bits per heavy atom. The number of amidine groups is 1. The standard InChI is InChI=1S/C13H17N5O2/c1-12(2)13(3,4)18(20)11(17(12)19)9-5-7-10(8-6-9)15-16-14/h5-8,19H,1-4H3. The van der Waals surface area contributed by atoms with Gasteiger partial charge in [0.25, 0.3) is 0 Å². The highest BCUT2D eigenvalue weighted by Gasteiger charge is 2.58. The number of nitrogens with zero attached hydrogens (tertiary/aromatic N) is 5. The van der Waals surface area contributed by atoms with Gasteiger partial charge in [-0.2, -0.15) is 0 Å². The maximum Gasteiger partial charge on any atom is 0.313 e. The van der Waals surface area contributed by atoms with Crippen molar-refractivity contribution in [2.75, 3.05) is 0 Å². The van der Waals surface area contributed by atoms with E-state index in [2.05, 4.69) is 10.0 Å². The van der Waals surface area contributed by atoms with Crippen LogP contribution in [-0.4, -0.2) is 31.9 Å². The summed E-state index contributed by atoms with van der Waals surface area (Å²) in [4.78, 5) is 2.70. The lowest BCUT2D eigenvalue weighted by atomic mass is 9.84. The monoisotopic (exact) mass is 275 g/mol. The van der Waals surface area contributed by atoms with E-state index in [9.17, 15) is 10.4 Å². The van der Waals surface area contributed by atoms with Gasteiger partial charge >= 0.3 is 5.84 Å². The SMILES string of the molecule is CC1(C)N(O)C(c2ccc(N=[N+]=[N-])cc2)=[N+]([O-])C1(C)C. The van der Waals surface area contributed by atoms with Crippen LogP contribution in [0.2, 0.25) is 0 Å². The largest absolute Gasteiger partial charge is 0.714 e. The molecule has 1 aromatic rings. The average molecular weight is 275 g/mol. The predicted octanol–water partition coefficient (Wildman–Crippen LogP) is 3.15. The van der Waals surface area contributed by atoms with E-state index in [1.807, 2.05) is 0 Å². The highest BCUT2D eigenvalue weighted by molar-refractivity contribution is 5.96. The molecule has 0 atom stereocenters. The number of rotatable bonds is 2. The third-order valence-electron chi connectivity index (χ3n) is 4.21. The quantitative estimate of drug-likeness (QED) is 0.295. The van der Waals surface area contributed by atoms with Crippen LogP contribution in [0.5, 0.6) is 0 Å². The Balaban J connectivity index is 2.52. The number of azide groups is 1. The molecule has 106 valence electrons. The van der Waals surface area contributed by atoms with E-state index in [0.717, 1.165) is 9.80 Å². The van der Waals surface area contributed by atoms with Crippen molar-refractivity contribution < 1.29 is 9.95 Å². The van der Waals surface area contributed by atoms with Crippen LogP contribution < -0.4 is 0 Å². The molecule has 0 spiro atoms. The lowest BCUT2D eigenvalue weighted by Crippen LogP contribution is -2.53. The molecule has 20 heavy (non-hydrogen) atoms. The van der Waals surface area contributed by atoms with Crippen LogP contribution in [-0.2, 0) is 0 Å². The fourth-order valence-electron chi connectivity index (χ4n) is 2.09. The maximum atomic E-state index is 12.5. The highest BCUT2D eigenvalue weighted by Crippen LogP contribution is 2.37. The summed E-state index contributed by atoms with van der Waals surface area (Å²) in [7, 11) is 0. The molecule has 1 heterocycles. The van der Waals surface area contributed by atoms with E-state index < -0.39 is 11.1 Å². The van der Waals surface area contributed by atoms with Crippen LogP contribution in [0.4, 0.5) is 5.69 Å². The van der Waals surface area contributed by atoms with E-state index in [1.165, 1.54) is 0 Å². The molecular formula is C13H17N5O2. The molecule has 0 radical (unpaired) electrons. The molecule has 7 heteroatoms. The van der Waals surface area contributed by atoms with Crippen LogP contribution >= 0.6 is 0 Å². The van der Waals surface area contributed by atoms with Gasteiger partial charge in [0.1, 0.15) is 5.54 Å². The second-order valence-corrected chi connectivity index (χ2v) is 5.78. The lowest BCUT2D eigenvalue weighted by Gasteiger charge is -2.33. The van der Waals surface area contributed by atoms with Crippen molar-refractivity contribution in [2.24, 2.45) is 5.11 Å². The minimum Gasteiger partial charge on any atom is -0.714 e. The number of hydroxylamine groups is 3. The Hall–Kier alpha value is -2.24. The van der Waals surface area contributed by atoms with Crippen molar-refractivity contribution >= 4 is 11.5 Å². The molecule has 1 aliphatic rings. The summed E-state index contributed by atoms with van der Waals surface area (Å²) in [5, 5.41) is 27.3. The molecule has 0 aromatic heterocycles. The maximum absolute atomic E-state index is 12.5. The number of hydrogen-bond donors (Lipinski definition) is 1. The Morgan fingerprint density at radius 1 is 1.25 bits per heavy atom. The Kier molecular flexibility index (Phi) is 3.12. The van der Waals surface area contributed by atoms with Gasteiger partial charge in [-0.3, -0.25) is 4.74 Å². The zero-order chi connectivity index (χ0) is 15.1. The molecule has 0 amide bonds. The van der Waals surface area contributed by atoms with Gasteiger partial charge in [-0.25, -0.2) is 5.21 Å². The molecule has 0 aliphatic carbocycles. The van der Waals surface area contributed by atoms with Crippen molar-refractivity contribution in [2.45, 2.75) is 38.8 Å². The zero-order valence-corrected chi connectivity index (χ0v) is 11.9. The summed E-state index contributed by atoms with van der Waals surface area (Å²) in [5.74, 6) is 0.187. The molecule has 7 nitrogen and oxygen atoms in total. The van der Waals surface area contributed by atoms with Gasteiger partial charge in [-0.1, -0.05) is 17.2 Å². The van der Waals surface area contributed by atoms with Gasteiger partial charge in [0, 0.05) is 10.6 Å². The summed E-state index contributed by atoms with van der Waals surface area (Å²) in [6, 6.07) is 6.49. The predicted molar refractivity (Wildman–Crippen MR) is 74.8 cm³/mol. The minimum absolute atomic E-state index is 0.187. The van der Waals surface area contributed by atoms with Gasteiger partial charge in [-0.15, -0.1) is 5.06 Å². The van der Waals surface area contributed by atoms with Crippen LogP contribution in [0.25, 0.3) is 10.4 Å². The summed E-state index contributed by atoms with van der Waals surface area (Å²) in [6.07, 6.45) is 0. The average Bonchev–Trinajstić information content (AvgIpc) is 2.51. The third kappa shape index (κ3) is 1.79. The van der Waals surface area contributed by atoms with E-state index in [1.54, 1.807) is 52.0 Å². The minimum atomic E-state index is -0.777. The Morgan fingerprint density at radius 3 is 2.20 bits per heavy atom. The fourth-order valence-corrected chi connectivity index (χ4v) is 2.09. The summed E-state index contributed by atoms with van der Waals surface area (Å²) in [6.45, 7) is 7.17. The van der Waals surface area contributed by atoms with Crippen molar-refractivity contribution in [1.29, 1.82) is 0 Å². The third-order valence-corrected chi connectivity index (χ3v) is 4.21. The van der Waals surface area contributed by atoms with Crippen LogP contribution in [0.1, 0.15) is 33.3 Å². The molecule has 0 saturated carbocycles. The Bertz CT molecular complexity index is 612. The normalized spacial score (nSPS) is 19.9. The van der Waals surface area contributed by atoms with E-state index in [4.69, 9.17) is 5.53 Å². The van der Waals surface area contributed by atoms with Crippen molar-refractivity contribution in [3.63, 3.8) is 0 Å². The molecule has 2 rings (SSSR count). The van der Waals surface area contributed by atoms with E-state index in [-0.39, 0.29) is 5.84 Å². The van der Waals surface area contributed by atoms with E-state index >= 15 is 0 Å². The van der Waals surface area contributed by atoms with Gasteiger partial charge in [-0.05, 0) is 45.4 Å². The first-order chi connectivity index (χ1) is 9.23. The Labute approximate surface area is 116 Å². The molecule has 0 saturated heterocycles. The molecule has 0 fully saturated rings. The molecular weight excluding hydrogens is 258 g/mol. The molecule has 0 unspecified atom stereocenters. The molecule has 1 N–H and O–H groups in total. The second kappa shape index (κ2) is 4.40. The van der Waals surface area contributed by atoms with Gasteiger partial charge in [0.2, 0.25) is 0 Å². The first kappa shape index (κ1) is 14.2. The highest BCUT2D eigenvalue weighted by atomic mass is 16.5. The van der Waals surface area contributed by atoms with Gasteiger partial charge in [0.15, 0.2) is 5.54 Å². The topological polar surface area (TPSA) is 98.3 Å². The summed E-state index contributed by atoms with van der Waals surface area (Å²) in [5.41, 5.74) is 7.88. The van der Waals surface area contributed by atoms with Crippen molar-refractivity contribution in [1.82, 2.24) is 5.06 Å². The summed E-state index contributed by atoms with van der Waals surface area (Å²) >= 11 is 0. The fraction of sp³-hybridized carbons (Fsp3) is 0.462.